The van der Waals surface area contributed by atoms with Gasteiger partial charge >= 0.3 is 5.97 Å². The summed E-state index contributed by atoms with van der Waals surface area (Å²) in [7, 11) is 0. The third-order valence-electron chi connectivity index (χ3n) is 3.56. The Hall–Kier alpha value is -1.29. The highest BCUT2D eigenvalue weighted by Crippen LogP contribution is 2.33. The van der Waals surface area contributed by atoms with E-state index in [9.17, 15) is 4.79 Å². The van der Waals surface area contributed by atoms with Crippen LogP contribution in [0.3, 0.4) is 0 Å². The topological polar surface area (TPSA) is 40.5 Å². The van der Waals surface area contributed by atoms with Gasteiger partial charge in [-0.25, -0.2) is 4.79 Å². The molecule has 1 fully saturated rings. The van der Waals surface area contributed by atoms with Crippen molar-refractivity contribution in [1.29, 1.82) is 0 Å². The smallest absolute Gasteiger partial charge is 0.328 e. The van der Waals surface area contributed by atoms with E-state index in [-0.39, 0.29) is 0 Å². The molecule has 1 atom stereocenters. The molecule has 1 unspecified atom stereocenters. The van der Waals surface area contributed by atoms with Crippen molar-refractivity contribution in [3.63, 3.8) is 0 Å². The molecule has 4 heteroatoms. The second-order valence-corrected chi connectivity index (χ2v) is 5.69. The number of anilines is 1. The van der Waals surface area contributed by atoms with Gasteiger partial charge < -0.3 is 10.0 Å². The van der Waals surface area contributed by atoms with Crippen molar-refractivity contribution in [3.8, 4) is 0 Å². The molecule has 2 rings (SSSR count). The molecule has 0 aliphatic carbocycles. The van der Waals surface area contributed by atoms with Crippen LogP contribution in [0.2, 0.25) is 0 Å². The van der Waals surface area contributed by atoms with E-state index in [1.54, 1.807) is 6.08 Å². The molecule has 0 radical (unpaired) electrons. The predicted molar refractivity (Wildman–Crippen MR) is 81.5 cm³/mol. The van der Waals surface area contributed by atoms with Crippen molar-refractivity contribution < 1.29 is 9.90 Å². The first-order valence-electron chi connectivity index (χ1n) is 6.59. The second kappa shape index (κ2) is 6.24. The van der Waals surface area contributed by atoms with Crippen LogP contribution in [0.15, 0.2) is 28.7 Å². The number of aliphatic carboxylic acids is 1. The van der Waals surface area contributed by atoms with Gasteiger partial charge in [-0.05, 0) is 43.0 Å². The predicted octanol–water partition coefficient (Wildman–Crippen LogP) is 3.93. The van der Waals surface area contributed by atoms with E-state index in [2.05, 4.69) is 33.8 Å². The number of benzene rings is 1. The summed E-state index contributed by atoms with van der Waals surface area (Å²) in [5.41, 5.74) is 2.09. The average Bonchev–Trinajstić information content (AvgIpc) is 2.85. The maximum absolute atomic E-state index is 10.7. The number of carboxylic acids is 1. The molecular weight excluding hydrogens is 306 g/mol. The van der Waals surface area contributed by atoms with Crippen molar-refractivity contribution in [2.75, 3.05) is 11.4 Å². The molecule has 1 saturated heterocycles. The lowest BCUT2D eigenvalue weighted by Crippen LogP contribution is -2.29. The van der Waals surface area contributed by atoms with Gasteiger partial charge in [0.2, 0.25) is 0 Å². The lowest BCUT2D eigenvalue weighted by Gasteiger charge is -2.27. The zero-order chi connectivity index (χ0) is 13.8. The fraction of sp³-hybridized carbons (Fsp3) is 0.400. The van der Waals surface area contributed by atoms with Crippen LogP contribution in [0, 0.1) is 0 Å². The summed E-state index contributed by atoms with van der Waals surface area (Å²) in [6.45, 7) is 3.25. The van der Waals surface area contributed by atoms with Gasteiger partial charge in [0.15, 0.2) is 0 Å². The Morgan fingerprint density at radius 3 is 3.05 bits per heavy atom. The van der Waals surface area contributed by atoms with Crippen LogP contribution in [-0.2, 0) is 4.79 Å². The minimum atomic E-state index is -0.915. The monoisotopic (exact) mass is 323 g/mol. The lowest BCUT2D eigenvalue weighted by atomic mass is 10.1. The lowest BCUT2D eigenvalue weighted by molar-refractivity contribution is -0.131. The number of hydrogen-bond donors (Lipinski definition) is 1. The maximum atomic E-state index is 10.7. The third-order valence-corrected chi connectivity index (χ3v) is 4.05. The summed E-state index contributed by atoms with van der Waals surface area (Å²) < 4.78 is 1.02. The van der Waals surface area contributed by atoms with E-state index in [0.29, 0.717) is 6.04 Å². The fourth-order valence-electron chi connectivity index (χ4n) is 2.64. The minimum Gasteiger partial charge on any atom is -0.478 e. The Bertz CT molecular complexity index is 499. The van der Waals surface area contributed by atoms with Crippen LogP contribution in [0.4, 0.5) is 5.69 Å². The highest BCUT2D eigenvalue weighted by Gasteiger charge is 2.24. The maximum Gasteiger partial charge on any atom is 0.328 e. The molecule has 1 N–H and O–H groups in total. The van der Waals surface area contributed by atoms with Crippen molar-refractivity contribution in [3.05, 3.63) is 34.3 Å². The molecule has 0 bridgehead atoms. The Balaban J connectivity index is 2.36. The van der Waals surface area contributed by atoms with Crippen molar-refractivity contribution in [1.82, 2.24) is 0 Å². The van der Waals surface area contributed by atoms with Crippen molar-refractivity contribution >= 4 is 33.7 Å². The molecule has 1 heterocycles. The Morgan fingerprint density at radius 1 is 1.58 bits per heavy atom. The summed E-state index contributed by atoms with van der Waals surface area (Å²) in [5, 5.41) is 8.77. The van der Waals surface area contributed by atoms with Gasteiger partial charge in [0, 0.05) is 28.8 Å². The van der Waals surface area contributed by atoms with Gasteiger partial charge in [-0.2, -0.15) is 0 Å². The molecule has 1 aromatic carbocycles. The molecule has 0 amide bonds. The number of hydrogen-bond acceptors (Lipinski definition) is 2. The first-order valence-corrected chi connectivity index (χ1v) is 7.38. The Morgan fingerprint density at radius 2 is 2.37 bits per heavy atom. The first-order chi connectivity index (χ1) is 9.11. The van der Waals surface area contributed by atoms with Gasteiger partial charge in [0.25, 0.3) is 0 Å². The third kappa shape index (κ3) is 3.38. The number of nitrogens with zero attached hydrogens (tertiary/aromatic N) is 1. The summed E-state index contributed by atoms with van der Waals surface area (Å²) >= 11 is 3.50. The van der Waals surface area contributed by atoms with Crippen LogP contribution in [0.5, 0.6) is 0 Å². The van der Waals surface area contributed by atoms with Crippen molar-refractivity contribution in [2.45, 2.75) is 32.2 Å². The van der Waals surface area contributed by atoms with Gasteiger partial charge in [-0.15, -0.1) is 0 Å². The molecule has 1 aromatic rings. The molecular formula is C15H18BrNO2. The van der Waals surface area contributed by atoms with Crippen LogP contribution in [0.1, 0.15) is 31.7 Å². The largest absolute Gasteiger partial charge is 0.478 e. The molecule has 0 spiro atoms. The molecule has 102 valence electrons. The van der Waals surface area contributed by atoms with E-state index in [1.807, 2.05) is 12.1 Å². The van der Waals surface area contributed by atoms with Crippen LogP contribution in [-0.4, -0.2) is 23.7 Å². The second-order valence-electron chi connectivity index (χ2n) is 4.77. The highest BCUT2D eigenvalue weighted by atomic mass is 79.9. The molecule has 3 nitrogen and oxygen atoms in total. The zero-order valence-electron chi connectivity index (χ0n) is 11.0. The van der Waals surface area contributed by atoms with E-state index in [1.165, 1.54) is 18.9 Å². The van der Waals surface area contributed by atoms with Crippen molar-refractivity contribution in [2.24, 2.45) is 0 Å². The fourth-order valence-corrected chi connectivity index (χ4v) is 2.99. The van der Waals surface area contributed by atoms with Crippen LogP contribution < -0.4 is 4.90 Å². The van der Waals surface area contributed by atoms with E-state index >= 15 is 0 Å². The number of carbonyl (C=O) groups is 1. The normalized spacial score (nSPS) is 19.3. The molecule has 0 saturated carbocycles. The zero-order valence-corrected chi connectivity index (χ0v) is 12.6. The number of rotatable bonds is 4. The summed E-state index contributed by atoms with van der Waals surface area (Å²) in [5.74, 6) is -0.915. The van der Waals surface area contributed by atoms with Gasteiger partial charge in [0.1, 0.15) is 0 Å². The quantitative estimate of drug-likeness (QED) is 0.853. The van der Waals surface area contributed by atoms with Gasteiger partial charge in [-0.1, -0.05) is 28.9 Å². The SMILES string of the molecule is CCC1CCCN1c1cc(Br)ccc1/C=C/C(=O)O. The molecule has 1 aliphatic heterocycles. The molecule has 0 aromatic heterocycles. The van der Waals surface area contributed by atoms with Gasteiger partial charge in [0.05, 0.1) is 0 Å². The van der Waals surface area contributed by atoms with E-state index < -0.39 is 5.97 Å². The summed E-state index contributed by atoms with van der Waals surface area (Å²) in [4.78, 5) is 13.1. The number of carboxylic acid groups (broad SMARTS) is 1. The Kier molecular flexibility index (Phi) is 4.64. The Labute approximate surface area is 122 Å². The van der Waals surface area contributed by atoms with Crippen LogP contribution >= 0.6 is 15.9 Å². The first kappa shape index (κ1) is 14.1. The summed E-state index contributed by atoms with van der Waals surface area (Å²) in [6, 6.07) is 6.55. The van der Waals surface area contributed by atoms with Crippen LogP contribution in [0.25, 0.3) is 6.08 Å². The summed E-state index contributed by atoms with van der Waals surface area (Å²) in [6.07, 6.45) is 6.41. The molecule has 19 heavy (non-hydrogen) atoms. The average molecular weight is 324 g/mol. The molecule has 1 aliphatic rings. The van der Waals surface area contributed by atoms with Gasteiger partial charge in [-0.3, -0.25) is 0 Å². The standard InChI is InChI=1S/C15H18BrNO2/c1-2-13-4-3-9-17(13)14-10-12(16)7-5-11(14)6-8-15(18)19/h5-8,10,13H,2-4,9H2,1H3,(H,18,19)/b8-6+. The highest BCUT2D eigenvalue weighted by molar-refractivity contribution is 9.10. The number of halogens is 1. The minimum absolute atomic E-state index is 0.561. The van der Waals surface area contributed by atoms with E-state index in [0.717, 1.165) is 28.7 Å². The van der Waals surface area contributed by atoms with E-state index in [4.69, 9.17) is 5.11 Å².